The molecule has 7 heteroatoms. The summed E-state index contributed by atoms with van der Waals surface area (Å²) < 4.78 is 0. The summed E-state index contributed by atoms with van der Waals surface area (Å²) in [6.45, 7) is 0. The average Bonchev–Trinajstić information content (AvgIpc) is 2.92. The van der Waals surface area contributed by atoms with Crippen molar-refractivity contribution in [1.82, 2.24) is 5.32 Å². The molecule has 2 aromatic carbocycles. The lowest BCUT2D eigenvalue weighted by Gasteiger charge is -2.18. The van der Waals surface area contributed by atoms with Crippen molar-refractivity contribution in [2.75, 3.05) is 5.32 Å². The minimum absolute atomic E-state index is 0.00939. The zero-order valence-electron chi connectivity index (χ0n) is 13.7. The highest BCUT2D eigenvalue weighted by atomic mass is 35.5. The summed E-state index contributed by atoms with van der Waals surface area (Å²) in [6.07, 6.45) is 0.0267. The summed E-state index contributed by atoms with van der Waals surface area (Å²) in [5.74, 6) is -2.47. The molecule has 26 heavy (non-hydrogen) atoms. The quantitative estimate of drug-likeness (QED) is 0.726. The standard InChI is InChI=1S/C19H17ClN2O4/c20-12-7-5-11(6-8-12)9-17(23)21-16(19(25)26)10-14-13-3-1-2-4-15(13)22-18(14)24/h1-8,14,16H,9-10H2,(H,21,23)(H,22,24)(H,25,26). The second-order valence-electron chi connectivity index (χ2n) is 6.13. The highest BCUT2D eigenvalue weighted by molar-refractivity contribution is 6.30. The molecule has 0 bridgehead atoms. The summed E-state index contributed by atoms with van der Waals surface area (Å²) in [7, 11) is 0. The smallest absolute Gasteiger partial charge is 0.326 e. The van der Waals surface area contributed by atoms with Crippen LogP contribution in [0.25, 0.3) is 0 Å². The van der Waals surface area contributed by atoms with E-state index in [2.05, 4.69) is 10.6 Å². The van der Waals surface area contributed by atoms with Gasteiger partial charge in [0.05, 0.1) is 12.3 Å². The molecule has 1 heterocycles. The van der Waals surface area contributed by atoms with Crippen molar-refractivity contribution < 1.29 is 19.5 Å². The molecule has 0 aromatic heterocycles. The molecule has 6 nitrogen and oxygen atoms in total. The molecule has 3 rings (SSSR count). The van der Waals surface area contributed by atoms with Gasteiger partial charge in [0, 0.05) is 10.7 Å². The summed E-state index contributed by atoms with van der Waals surface area (Å²) in [4.78, 5) is 35.9. The van der Waals surface area contributed by atoms with E-state index in [4.69, 9.17) is 11.6 Å². The number of nitrogens with one attached hydrogen (secondary N) is 2. The van der Waals surface area contributed by atoms with Crippen molar-refractivity contribution in [1.29, 1.82) is 0 Å². The largest absolute Gasteiger partial charge is 0.480 e. The number of carbonyl (C=O) groups excluding carboxylic acids is 2. The van der Waals surface area contributed by atoms with Crippen LogP contribution in [0.15, 0.2) is 48.5 Å². The molecule has 3 N–H and O–H groups in total. The van der Waals surface area contributed by atoms with Gasteiger partial charge >= 0.3 is 5.97 Å². The summed E-state index contributed by atoms with van der Waals surface area (Å²) in [5.41, 5.74) is 2.15. The van der Waals surface area contributed by atoms with Crippen molar-refractivity contribution in [3.8, 4) is 0 Å². The van der Waals surface area contributed by atoms with Crippen LogP contribution >= 0.6 is 11.6 Å². The Bertz CT molecular complexity index is 851. The number of carboxylic acid groups (broad SMARTS) is 1. The Morgan fingerprint density at radius 3 is 2.54 bits per heavy atom. The molecule has 0 fully saturated rings. The number of hydrogen-bond acceptors (Lipinski definition) is 3. The van der Waals surface area contributed by atoms with Crippen LogP contribution in [0, 0.1) is 0 Å². The molecule has 134 valence electrons. The van der Waals surface area contributed by atoms with Crippen LogP contribution in [0.5, 0.6) is 0 Å². The maximum Gasteiger partial charge on any atom is 0.326 e. The Kier molecular flexibility index (Phi) is 5.23. The van der Waals surface area contributed by atoms with Crippen molar-refractivity contribution in [3.05, 3.63) is 64.7 Å². The highest BCUT2D eigenvalue weighted by Gasteiger charge is 2.34. The number of fused-ring (bicyclic) bond motifs is 1. The summed E-state index contributed by atoms with van der Waals surface area (Å²) in [6, 6.07) is 12.7. The molecule has 2 unspecified atom stereocenters. The third-order valence-electron chi connectivity index (χ3n) is 4.29. The first-order valence-corrected chi connectivity index (χ1v) is 8.48. The topological polar surface area (TPSA) is 95.5 Å². The highest BCUT2D eigenvalue weighted by Crippen LogP contribution is 2.35. The number of rotatable bonds is 6. The van der Waals surface area contributed by atoms with Crippen LogP contribution in [0.4, 0.5) is 5.69 Å². The average molecular weight is 373 g/mol. The number of halogens is 1. The second-order valence-corrected chi connectivity index (χ2v) is 6.56. The van der Waals surface area contributed by atoms with Gasteiger partial charge in [-0.05, 0) is 35.7 Å². The van der Waals surface area contributed by atoms with Gasteiger partial charge in [-0.2, -0.15) is 0 Å². The van der Waals surface area contributed by atoms with Gasteiger partial charge in [0.15, 0.2) is 0 Å². The maximum absolute atomic E-state index is 12.2. The predicted molar refractivity (Wildman–Crippen MR) is 97.2 cm³/mol. The van der Waals surface area contributed by atoms with E-state index in [-0.39, 0.29) is 18.7 Å². The Morgan fingerprint density at radius 2 is 1.85 bits per heavy atom. The van der Waals surface area contributed by atoms with Gasteiger partial charge < -0.3 is 15.7 Å². The molecular weight excluding hydrogens is 356 g/mol. The molecule has 0 spiro atoms. The predicted octanol–water partition coefficient (Wildman–Crippen LogP) is 2.58. The number of anilines is 1. The van der Waals surface area contributed by atoms with Gasteiger partial charge in [0.2, 0.25) is 11.8 Å². The molecule has 1 aliphatic heterocycles. The number of amides is 2. The molecule has 0 radical (unpaired) electrons. The third-order valence-corrected chi connectivity index (χ3v) is 4.55. The Labute approximate surface area is 155 Å². The monoisotopic (exact) mass is 372 g/mol. The third kappa shape index (κ3) is 4.03. The van der Waals surface area contributed by atoms with Gasteiger partial charge in [0.25, 0.3) is 0 Å². The van der Waals surface area contributed by atoms with Crippen molar-refractivity contribution in [2.24, 2.45) is 0 Å². The van der Waals surface area contributed by atoms with Crippen molar-refractivity contribution >= 4 is 35.1 Å². The number of benzene rings is 2. The van der Waals surface area contributed by atoms with Crippen LogP contribution < -0.4 is 10.6 Å². The first-order chi connectivity index (χ1) is 12.4. The number of para-hydroxylation sites is 1. The van der Waals surface area contributed by atoms with E-state index in [9.17, 15) is 19.5 Å². The van der Waals surface area contributed by atoms with Crippen LogP contribution in [0.3, 0.4) is 0 Å². The van der Waals surface area contributed by atoms with Crippen LogP contribution in [-0.2, 0) is 20.8 Å². The lowest BCUT2D eigenvalue weighted by atomic mass is 9.93. The van der Waals surface area contributed by atoms with E-state index in [1.807, 2.05) is 0 Å². The molecule has 2 atom stereocenters. The van der Waals surface area contributed by atoms with E-state index in [1.54, 1.807) is 48.5 Å². The van der Waals surface area contributed by atoms with Crippen molar-refractivity contribution in [2.45, 2.75) is 24.8 Å². The minimum Gasteiger partial charge on any atom is -0.480 e. The van der Waals surface area contributed by atoms with Gasteiger partial charge in [-0.25, -0.2) is 4.79 Å². The van der Waals surface area contributed by atoms with Crippen LogP contribution in [0.1, 0.15) is 23.5 Å². The van der Waals surface area contributed by atoms with Crippen LogP contribution in [0.2, 0.25) is 5.02 Å². The Balaban J connectivity index is 1.68. The fourth-order valence-corrected chi connectivity index (χ4v) is 3.13. The molecular formula is C19H17ClN2O4. The molecule has 1 aliphatic rings. The number of carbonyl (C=O) groups is 3. The number of hydrogen-bond donors (Lipinski definition) is 3. The number of aliphatic carboxylic acids is 1. The van der Waals surface area contributed by atoms with E-state index in [0.717, 1.165) is 11.1 Å². The fraction of sp³-hybridized carbons (Fsp3) is 0.211. The molecule has 2 aromatic rings. The summed E-state index contributed by atoms with van der Waals surface area (Å²) >= 11 is 5.81. The zero-order chi connectivity index (χ0) is 18.7. The maximum atomic E-state index is 12.2. The molecule has 2 amide bonds. The van der Waals surface area contributed by atoms with Gasteiger partial charge in [-0.15, -0.1) is 0 Å². The van der Waals surface area contributed by atoms with Crippen LogP contribution in [-0.4, -0.2) is 28.9 Å². The van der Waals surface area contributed by atoms with E-state index in [1.165, 1.54) is 0 Å². The molecule has 0 saturated carbocycles. The summed E-state index contributed by atoms with van der Waals surface area (Å²) in [5, 5.41) is 15.3. The molecule has 0 saturated heterocycles. The first kappa shape index (κ1) is 17.9. The first-order valence-electron chi connectivity index (χ1n) is 8.10. The van der Waals surface area contributed by atoms with E-state index in [0.29, 0.717) is 10.7 Å². The second kappa shape index (κ2) is 7.58. The fourth-order valence-electron chi connectivity index (χ4n) is 3.00. The van der Waals surface area contributed by atoms with E-state index >= 15 is 0 Å². The van der Waals surface area contributed by atoms with Gasteiger partial charge in [-0.3, -0.25) is 9.59 Å². The van der Waals surface area contributed by atoms with Crippen molar-refractivity contribution in [3.63, 3.8) is 0 Å². The minimum atomic E-state index is -1.17. The number of carboxylic acids is 1. The Hall–Kier alpha value is -2.86. The lowest BCUT2D eigenvalue weighted by molar-refractivity contribution is -0.142. The van der Waals surface area contributed by atoms with Gasteiger partial charge in [-0.1, -0.05) is 41.9 Å². The lowest BCUT2D eigenvalue weighted by Crippen LogP contribution is -2.43. The van der Waals surface area contributed by atoms with E-state index < -0.39 is 23.8 Å². The normalized spacial score (nSPS) is 16.5. The molecule has 0 aliphatic carbocycles. The van der Waals surface area contributed by atoms with Gasteiger partial charge in [0.1, 0.15) is 6.04 Å². The SMILES string of the molecule is O=C(Cc1ccc(Cl)cc1)NC(CC1C(=O)Nc2ccccc21)C(=O)O. The zero-order valence-corrected chi connectivity index (χ0v) is 14.5. The Morgan fingerprint density at radius 1 is 1.15 bits per heavy atom.